The molecule has 9 heteroatoms. The Bertz CT molecular complexity index is 928. The zero-order chi connectivity index (χ0) is 22.5. The van der Waals surface area contributed by atoms with Gasteiger partial charge in [0.1, 0.15) is 17.7 Å². The molecule has 32 heavy (non-hydrogen) atoms. The fourth-order valence-corrected chi connectivity index (χ4v) is 4.31. The van der Waals surface area contributed by atoms with Gasteiger partial charge < -0.3 is 19.9 Å². The molecule has 172 valence electrons. The highest BCUT2D eigenvalue weighted by molar-refractivity contribution is 5.89. The van der Waals surface area contributed by atoms with Gasteiger partial charge in [-0.2, -0.15) is 15.1 Å². The smallest absolute Gasteiger partial charge is 0.320 e. The van der Waals surface area contributed by atoms with Gasteiger partial charge in [-0.3, -0.25) is 9.89 Å². The first-order chi connectivity index (χ1) is 15.5. The summed E-state index contributed by atoms with van der Waals surface area (Å²) in [7, 11) is 2.14. The summed E-state index contributed by atoms with van der Waals surface area (Å²) in [4.78, 5) is 25.6. The van der Waals surface area contributed by atoms with E-state index in [0.717, 1.165) is 63.4 Å². The van der Waals surface area contributed by atoms with Crippen LogP contribution in [-0.2, 0) is 4.79 Å². The van der Waals surface area contributed by atoms with E-state index in [0.29, 0.717) is 30.0 Å². The number of anilines is 3. The topological polar surface area (TPSA) is 99.3 Å². The summed E-state index contributed by atoms with van der Waals surface area (Å²) in [6.45, 7) is 9.35. The molecule has 2 aliphatic rings. The van der Waals surface area contributed by atoms with Gasteiger partial charge in [-0.25, -0.2) is 0 Å². The highest BCUT2D eigenvalue weighted by Gasteiger charge is 2.25. The van der Waals surface area contributed by atoms with Crippen LogP contribution in [0.3, 0.4) is 0 Å². The predicted octanol–water partition coefficient (Wildman–Crippen LogP) is 3.09. The van der Waals surface area contributed by atoms with Crippen molar-refractivity contribution in [2.45, 2.75) is 45.1 Å². The Morgan fingerprint density at radius 1 is 1.19 bits per heavy atom. The average Bonchev–Trinajstić information content (AvgIpc) is 3.19. The van der Waals surface area contributed by atoms with E-state index in [4.69, 9.17) is 9.72 Å². The Morgan fingerprint density at radius 3 is 2.59 bits per heavy atom. The van der Waals surface area contributed by atoms with Gasteiger partial charge in [-0.1, -0.05) is 6.58 Å². The van der Waals surface area contributed by atoms with Crippen LogP contribution in [0.1, 0.15) is 37.8 Å². The second-order valence-corrected chi connectivity index (χ2v) is 8.88. The van der Waals surface area contributed by atoms with E-state index in [1.165, 1.54) is 6.08 Å². The van der Waals surface area contributed by atoms with Crippen LogP contribution in [0.4, 0.5) is 17.5 Å². The van der Waals surface area contributed by atoms with Gasteiger partial charge >= 0.3 is 6.01 Å². The van der Waals surface area contributed by atoms with E-state index in [2.05, 4.69) is 43.9 Å². The van der Waals surface area contributed by atoms with Crippen LogP contribution in [0.15, 0.2) is 24.8 Å². The summed E-state index contributed by atoms with van der Waals surface area (Å²) >= 11 is 0. The Balaban J connectivity index is 1.46. The largest absolute Gasteiger partial charge is 0.460 e. The summed E-state index contributed by atoms with van der Waals surface area (Å²) in [6.07, 6.45) is 5.82. The minimum atomic E-state index is 0.0632. The molecule has 1 aliphatic heterocycles. The maximum atomic E-state index is 11.7. The number of hydrogen-bond donors (Lipinski definition) is 2. The standard InChI is InChI=1S/C23H33N7O2/c1-4-18(31)14-17-5-7-19(8-6-17)32-23-25-20(24-21-13-16(2)27-28-21)15-22(26-23)30-11-9-29(3)10-12-30/h4,13,15,17,19H,1,5-12,14H2,2-3H3,(H2,24,25,26,27,28). The fraction of sp³-hybridized carbons (Fsp3) is 0.565. The Morgan fingerprint density at radius 2 is 1.94 bits per heavy atom. The van der Waals surface area contributed by atoms with E-state index in [1.54, 1.807) is 0 Å². The van der Waals surface area contributed by atoms with E-state index in [9.17, 15) is 4.79 Å². The Hall–Kier alpha value is -2.94. The summed E-state index contributed by atoms with van der Waals surface area (Å²) in [5.41, 5.74) is 0.976. The number of nitrogens with zero attached hydrogens (tertiary/aromatic N) is 5. The van der Waals surface area contributed by atoms with E-state index in [1.807, 2.05) is 19.1 Å². The van der Waals surface area contributed by atoms with Crippen molar-refractivity contribution in [3.8, 4) is 6.01 Å². The molecule has 2 aromatic rings. The van der Waals surface area contributed by atoms with Crippen molar-refractivity contribution in [2.75, 3.05) is 43.4 Å². The molecule has 2 aromatic heterocycles. The molecule has 4 rings (SSSR count). The summed E-state index contributed by atoms with van der Waals surface area (Å²) in [6, 6.07) is 4.28. The molecule has 0 aromatic carbocycles. The molecule has 0 atom stereocenters. The zero-order valence-electron chi connectivity index (χ0n) is 19.0. The van der Waals surface area contributed by atoms with Crippen LogP contribution in [0.5, 0.6) is 6.01 Å². The third-order valence-corrected chi connectivity index (χ3v) is 6.26. The molecule has 1 saturated carbocycles. The minimum Gasteiger partial charge on any atom is -0.460 e. The van der Waals surface area contributed by atoms with Crippen molar-refractivity contribution < 1.29 is 9.53 Å². The lowest BCUT2D eigenvalue weighted by molar-refractivity contribution is -0.115. The number of H-pyrrole nitrogens is 1. The number of hydrogen-bond acceptors (Lipinski definition) is 8. The number of ether oxygens (including phenoxy) is 1. The van der Waals surface area contributed by atoms with Crippen molar-refractivity contribution in [2.24, 2.45) is 5.92 Å². The van der Waals surface area contributed by atoms with Crippen molar-refractivity contribution in [3.05, 3.63) is 30.5 Å². The number of ketones is 1. The van der Waals surface area contributed by atoms with Gasteiger partial charge in [-0.05, 0) is 51.6 Å². The Kier molecular flexibility index (Phi) is 7.04. The molecule has 0 bridgehead atoms. The molecule has 0 radical (unpaired) electrons. The van der Waals surface area contributed by atoms with Gasteiger partial charge in [0, 0.05) is 50.4 Å². The van der Waals surface area contributed by atoms with Crippen LogP contribution >= 0.6 is 0 Å². The minimum absolute atomic E-state index is 0.0632. The Labute approximate surface area is 189 Å². The fourth-order valence-electron chi connectivity index (χ4n) is 4.31. The normalized spacial score (nSPS) is 21.9. The third-order valence-electron chi connectivity index (χ3n) is 6.26. The van der Waals surface area contributed by atoms with E-state index >= 15 is 0 Å². The zero-order valence-corrected chi connectivity index (χ0v) is 19.0. The highest BCUT2D eigenvalue weighted by Crippen LogP contribution is 2.30. The maximum Gasteiger partial charge on any atom is 0.320 e. The quantitative estimate of drug-likeness (QED) is 0.606. The van der Waals surface area contributed by atoms with E-state index in [-0.39, 0.29) is 11.9 Å². The monoisotopic (exact) mass is 439 g/mol. The van der Waals surface area contributed by atoms with E-state index < -0.39 is 0 Å². The molecule has 9 nitrogen and oxygen atoms in total. The number of carbonyl (C=O) groups excluding carboxylic acids is 1. The second kappa shape index (κ2) is 10.1. The number of rotatable bonds is 8. The number of carbonyl (C=O) groups is 1. The second-order valence-electron chi connectivity index (χ2n) is 8.88. The lowest BCUT2D eigenvalue weighted by Crippen LogP contribution is -2.44. The number of aromatic amines is 1. The van der Waals surface area contributed by atoms with Gasteiger partial charge in [0.05, 0.1) is 0 Å². The van der Waals surface area contributed by atoms with Crippen molar-refractivity contribution in [1.29, 1.82) is 0 Å². The van der Waals surface area contributed by atoms with Gasteiger partial charge in [0.15, 0.2) is 11.6 Å². The lowest BCUT2D eigenvalue weighted by Gasteiger charge is -2.33. The first kappa shape index (κ1) is 22.3. The molecule has 0 spiro atoms. The molecular formula is C23H33N7O2. The number of aryl methyl sites for hydroxylation is 1. The molecular weight excluding hydrogens is 406 g/mol. The molecule has 3 heterocycles. The molecule has 2 N–H and O–H groups in total. The van der Waals surface area contributed by atoms with Crippen molar-refractivity contribution in [3.63, 3.8) is 0 Å². The number of allylic oxidation sites excluding steroid dienone is 1. The number of likely N-dealkylation sites (N-methyl/N-ethyl adjacent to an activating group) is 1. The first-order valence-corrected chi connectivity index (χ1v) is 11.4. The number of piperazine rings is 1. The van der Waals surface area contributed by atoms with Crippen LogP contribution < -0.4 is 15.0 Å². The van der Waals surface area contributed by atoms with Crippen LogP contribution in [0, 0.1) is 12.8 Å². The summed E-state index contributed by atoms with van der Waals surface area (Å²) in [5, 5.41) is 10.5. The SMILES string of the molecule is C=CC(=O)CC1CCC(Oc2nc(Nc3cc(C)[nH]n3)cc(N3CCN(C)CC3)n2)CC1. The predicted molar refractivity (Wildman–Crippen MR) is 125 cm³/mol. The molecule has 1 aliphatic carbocycles. The number of aromatic nitrogens is 4. The van der Waals surface area contributed by atoms with Crippen LogP contribution in [0.2, 0.25) is 0 Å². The molecule has 0 amide bonds. The highest BCUT2D eigenvalue weighted by atomic mass is 16.5. The molecule has 0 unspecified atom stereocenters. The lowest BCUT2D eigenvalue weighted by atomic mass is 9.84. The van der Waals surface area contributed by atoms with Gasteiger partial charge in [0.2, 0.25) is 0 Å². The number of nitrogens with one attached hydrogen (secondary N) is 2. The maximum absolute atomic E-state index is 11.7. The van der Waals surface area contributed by atoms with Crippen molar-refractivity contribution in [1.82, 2.24) is 25.1 Å². The van der Waals surface area contributed by atoms with Gasteiger partial charge in [0.25, 0.3) is 0 Å². The van der Waals surface area contributed by atoms with Crippen LogP contribution in [-0.4, -0.2) is 70.2 Å². The third kappa shape index (κ3) is 5.85. The van der Waals surface area contributed by atoms with Crippen molar-refractivity contribution >= 4 is 23.2 Å². The molecule has 1 saturated heterocycles. The van der Waals surface area contributed by atoms with Gasteiger partial charge in [-0.15, -0.1) is 0 Å². The van der Waals surface area contributed by atoms with Crippen LogP contribution in [0.25, 0.3) is 0 Å². The summed E-state index contributed by atoms with van der Waals surface area (Å²) < 4.78 is 6.24. The average molecular weight is 440 g/mol. The summed E-state index contributed by atoms with van der Waals surface area (Å²) in [5.74, 6) is 2.78. The molecule has 2 fully saturated rings. The first-order valence-electron chi connectivity index (χ1n) is 11.4.